The number of ether oxygens (including phenoxy) is 3. The van der Waals surface area contributed by atoms with Crippen molar-refractivity contribution in [2.24, 2.45) is 0 Å². The van der Waals surface area contributed by atoms with E-state index < -0.39 is 0 Å². The molecule has 5 nitrogen and oxygen atoms in total. The molecule has 24 heavy (non-hydrogen) atoms. The van der Waals surface area contributed by atoms with E-state index in [2.05, 4.69) is 30.6 Å². The van der Waals surface area contributed by atoms with Crippen LogP contribution in [0.25, 0.3) is 0 Å². The van der Waals surface area contributed by atoms with Crippen LogP contribution < -0.4 is 10.6 Å². The molecule has 1 aliphatic heterocycles. The summed E-state index contributed by atoms with van der Waals surface area (Å²) in [5, 5.41) is 6.91. The fraction of sp³-hybridized carbons (Fsp3) is 0.579. The Morgan fingerprint density at radius 2 is 1.75 bits per heavy atom. The van der Waals surface area contributed by atoms with Gasteiger partial charge >= 0.3 is 0 Å². The minimum Gasteiger partial charge on any atom is -0.493 e. The highest BCUT2D eigenvalue weighted by molar-refractivity contribution is 5.49. The van der Waals surface area contributed by atoms with E-state index in [4.69, 9.17) is 14.2 Å². The number of unbranched alkanes of at least 4 members (excludes halogenated alkanes) is 2. The third-order valence-electron chi connectivity index (χ3n) is 4.11. The first-order valence-corrected chi connectivity index (χ1v) is 8.88. The molecule has 0 aromatic heterocycles. The molecule has 0 atom stereocenters. The molecular formula is C19H30N2O3. The zero-order chi connectivity index (χ0) is 17.4. The Hall–Kier alpha value is -2.04. The molecule has 0 amide bonds. The number of fused-ring (bicyclic) bond motifs is 1. The summed E-state index contributed by atoms with van der Waals surface area (Å²) in [5.74, 6) is 2.88. The van der Waals surface area contributed by atoms with Gasteiger partial charge in [-0.05, 0) is 18.9 Å². The first-order chi connectivity index (χ1) is 11.7. The Labute approximate surface area is 145 Å². The van der Waals surface area contributed by atoms with Crippen molar-refractivity contribution < 1.29 is 14.2 Å². The van der Waals surface area contributed by atoms with E-state index in [9.17, 15) is 0 Å². The maximum Gasteiger partial charge on any atom is 0.204 e. The van der Waals surface area contributed by atoms with Crippen LogP contribution in [0.1, 0.15) is 46.0 Å². The number of methoxy groups -OCH3 is 2. The predicted molar refractivity (Wildman–Crippen MR) is 95.8 cm³/mol. The average Bonchev–Trinajstić information content (AvgIpc) is 2.61. The molecule has 1 aliphatic carbocycles. The normalized spacial score (nSPS) is 16.8. The van der Waals surface area contributed by atoms with Gasteiger partial charge in [-0.2, -0.15) is 0 Å². The lowest BCUT2D eigenvalue weighted by molar-refractivity contribution is 0.180. The van der Waals surface area contributed by atoms with E-state index in [1.54, 1.807) is 14.2 Å². The Morgan fingerprint density at radius 3 is 2.38 bits per heavy atom. The van der Waals surface area contributed by atoms with Gasteiger partial charge in [0.15, 0.2) is 17.4 Å². The quantitative estimate of drug-likeness (QED) is 0.597. The molecule has 0 radical (unpaired) electrons. The Kier molecular flexibility index (Phi) is 7.09. The van der Waals surface area contributed by atoms with Crippen LogP contribution in [0.5, 0.6) is 0 Å². The smallest absolute Gasteiger partial charge is 0.204 e. The zero-order valence-corrected chi connectivity index (χ0v) is 15.3. The van der Waals surface area contributed by atoms with Crippen molar-refractivity contribution in [1.82, 2.24) is 10.6 Å². The fourth-order valence-corrected chi connectivity index (χ4v) is 2.73. The summed E-state index contributed by atoms with van der Waals surface area (Å²) in [7, 11) is 3.30. The third kappa shape index (κ3) is 4.28. The topological polar surface area (TPSA) is 51.8 Å². The number of hydrogen-bond donors (Lipinski definition) is 2. The lowest BCUT2D eigenvalue weighted by Crippen LogP contribution is -2.27. The fourth-order valence-electron chi connectivity index (χ4n) is 2.73. The Bertz CT molecular complexity index is 559. The van der Waals surface area contributed by atoms with Crippen LogP contribution in [-0.2, 0) is 14.2 Å². The second-order valence-corrected chi connectivity index (χ2v) is 5.90. The monoisotopic (exact) mass is 334 g/mol. The molecule has 0 aromatic rings. The van der Waals surface area contributed by atoms with Crippen LogP contribution >= 0.6 is 0 Å². The van der Waals surface area contributed by atoms with Crippen LogP contribution in [0.4, 0.5) is 0 Å². The van der Waals surface area contributed by atoms with Crippen LogP contribution in [0, 0.1) is 0 Å². The summed E-state index contributed by atoms with van der Waals surface area (Å²) in [6.45, 7) is 6.21. The second-order valence-electron chi connectivity index (χ2n) is 5.90. The van der Waals surface area contributed by atoms with Crippen molar-refractivity contribution >= 4 is 0 Å². The Morgan fingerprint density at radius 1 is 1.04 bits per heavy atom. The maximum atomic E-state index is 6.09. The lowest BCUT2D eigenvalue weighted by atomic mass is 9.99. The molecule has 0 fully saturated rings. The SMILES string of the molecule is CCCCNC1=CC(NCCCC)=C2CC=C(OC)C(OC)=C2O1. The van der Waals surface area contributed by atoms with Crippen molar-refractivity contribution in [3.8, 4) is 0 Å². The maximum absolute atomic E-state index is 6.09. The average molecular weight is 334 g/mol. The predicted octanol–water partition coefficient (Wildman–Crippen LogP) is 3.68. The van der Waals surface area contributed by atoms with E-state index in [1.807, 2.05) is 6.08 Å². The van der Waals surface area contributed by atoms with Crippen LogP contribution in [0.15, 0.2) is 46.6 Å². The summed E-state index contributed by atoms with van der Waals surface area (Å²) in [5.41, 5.74) is 2.22. The minimum absolute atomic E-state index is 0.649. The van der Waals surface area contributed by atoms with Gasteiger partial charge in [0.25, 0.3) is 0 Å². The van der Waals surface area contributed by atoms with Gasteiger partial charge < -0.3 is 24.8 Å². The van der Waals surface area contributed by atoms with E-state index >= 15 is 0 Å². The van der Waals surface area contributed by atoms with Crippen molar-refractivity contribution in [3.63, 3.8) is 0 Å². The molecule has 2 N–H and O–H groups in total. The molecule has 2 aliphatic rings. The molecule has 0 saturated carbocycles. The standard InChI is InChI=1S/C19H30N2O3/c1-5-7-11-20-15-13-17(21-12-8-6-2)24-18-14(15)9-10-16(22-3)19(18)23-4/h10,13,20-21H,5-9,11-12H2,1-4H3. The summed E-state index contributed by atoms with van der Waals surface area (Å²) in [4.78, 5) is 0. The van der Waals surface area contributed by atoms with Gasteiger partial charge in [0.05, 0.1) is 14.2 Å². The van der Waals surface area contributed by atoms with E-state index in [0.717, 1.165) is 73.9 Å². The first kappa shape index (κ1) is 18.3. The van der Waals surface area contributed by atoms with Crippen molar-refractivity contribution in [2.45, 2.75) is 46.0 Å². The van der Waals surface area contributed by atoms with Gasteiger partial charge in [-0.15, -0.1) is 0 Å². The molecule has 134 valence electrons. The highest BCUT2D eigenvalue weighted by atomic mass is 16.5. The molecule has 5 heteroatoms. The molecule has 0 bridgehead atoms. The number of allylic oxidation sites excluding steroid dienone is 3. The van der Waals surface area contributed by atoms with E-state index in [0.29, 0.717) is 5.76 Å². The lowest BCUT2D eigenvalue weighted by Gasteiger charge is -2.28. The summed E-state index contributed by atoms with van der Waals surface area (Å²) in [6, 6.07) is 0. The summed E-state index contributed by atoms with van der Waals surface area (Å²) in [6.07, 6.45) is 9.41. The van der Waals surface area contributed by atoms with Crippen molar-refractivity contribution in [3.05, 3.63) is 46.6 Å². The van der Waals surface area contributed by atoms with Crippen LogP contribution in [0.2, 0.25) is 0 Å². The van der Waals surface area contributed by atoms with Gasteiger partial charge in [-0.1, -0.05) is 26.7 Å². The third-order valence-corrected chi connectivity index (χ3v) is 4.11. The highest BCUT2D eigenvalue weighted by Gasteiger charge is 2.29. The van der Waals surface area contributed by atoms with Gasteiger partial charge in [0.1, 0.15) is 0 Å². The first-order valence-electron chi connectivity index (χ1n) is 8.88. The molecular weight excluding hydrogens is 304 g/mol. The summed E-state index contributed by atoms with van der Waals surface area (Å²) >= 11 is 0. The molecule has 0 spiro atoms. The van der Waals surface area contributed by atoms with Crippen LogP contribution in [0.3, 0.4) is 0 Å². The molecule has 1 heterocycles. The number of hydrogen-bond acceptors (Lipinski definition) is 5. The minimum atomic E-state index is 0.649. The largest absolute Gasteiger partial charge is 0.493 e. The molecule has 0 aromatic carbocycles. The number of nitrogens with one attached hydrogen (secondary N) is 2. The van der Waals surface area contributed by atoms with Crippen LogP contribution in [-0.4, -0.2) is 27.3 Å². The van der Waals surface area contributed by atoms with Gasteiger partial charge in [-0.3, -0.25) is 0 Å². The van der Waals surface area contributed by atoms with E-state index in [1.165, 1.54) is 0 Å². The van der Waals surface area contributed by atoms with Crippen molar-refractivity contribution in [2.75, 3.05) is 27.3 Å². The zero-order valence-electron chi connectivity index (χ0n) is 15.3. The molecule has 0 saturated heterocycles. The molecule has 2 rings (SSSR count). The van der Waals surface area contributed by atoms with E-state index in [-0.39, 0.29) is 0 Å². The highest BCUT2D eigenvalue weighted by Crippen LogP contribution is 2.36. The van der Waals surface area contributed by atoms with Gasteiger partial charge in [0.2, 0.25) is 5.76 Å². The van der Waals surface area contributed by atoms with Gasteiger partial charge in [-0.25, -0.2) is 0 Å². The van der Waals surface area contributed by atoms with Gasteiger partial charge in [0, 0.05) is 36.9 Å². The van der Waals surface area contributed by atoms with Crippen molar-refractivity contribution in [1.29, 1.82) is 0 Å². The number of rotatable bonds is 10. The summed E-state index contributed by atoms with van der Waals surface area (Å²) < 4.78 is 17.1. The molecule has 0 unspecified atom stereocenters. The Balaban J connectivity index is 2.29. The second kappa shape index (κ2) is 9.30.